The molecule has 1 aliphatic carbocycles. The lowest BCUT2D eigenvalue weighted by molar-refractivity contribution is -0.117. The second kappa shape index (κ2) is 3.10. The van der Waals surface area contributed by atoms with E-state index in [0.717, 1.165) is 0 Å². The van der Waals surface area contributed by atoms with E-state index in [9.17, 15) is 9.18 Å². The average Bonchev–Trinajstić information content (AvgIpc) is 2.74. The molecule has 2 atom stereocenters. The van der Waals surface area contributed by atoms with Gasteiger partial charge >= 0.3 is 0 Å². The van der Waals surface area contributed by atoms with Gasteiger partial charge in [0.05, 0.1) is 12.1 Å². The van der Waals surface area contributed by atoms with Gasteiger partial charge in [0, 0.05) is 0 Å². The molecular formula is C8H7FN4O. The molecule has 2 N–H and O–H groups in total. The monoisotopic (exact) mass is 194 g/mol. The van der Waals surface area contributed by atoms with Gasteiger partial charge in [-0.1, -0.05) is 0 Å². The van der Waals surface area contributed by atoms with Crippen molar-refractivity contribution in [1.82, 2.24) is 10.2 Å². The van der Waals surface area contributed by atoms with Crippen LogP contribution in [0.4, 0.5) is 10.2 Å². The minimum Gasteiger partial charge on any atom is -0.310 e. The third kappa shape index (κ3) is 1.44. The van der Waals surface area contributed by atoms with Crippen molar-refractivity contribution in [3.8, 4) is 6.07 Å². The van der Waals surface area contributed by atoms with Gasteiger partial charge in [0.15, 0.2) is 0 Å². The molecule has 6 heteroatoms. The van der Waals surface area contributed by atoms with Crippen molar-refractivity contribution in [2.24, 2.45) is 5.92 Å². The van der Waals surface area contributed by atoms with E-state index in [1.54, 1.807) is 0 Å². The van der Waals surface area contributed by atoms with Crippen LogP contribution in [0.25, 0.3) is 0 Å². The summed E-state index contributed by atoms with van der Waals surface area (Å²) in [6, 6.07) is 1.85. The Hall–Kier alpha value is -1.90. The first kappa shape index (κ1) is 8.69. The van der Waals surface area contributed by atoms with Gasteiger partial charge in [0.2, 0.25) is 5.91 Å². The summed E-state index contributed by atoms with van der Waals surface area (Å²) in [5.74, 6) is -0.736. The normalized spacial score (nSPS) is 24.0. The van der Waals surface area contributed by atoms with E-state index in [2.05, 4.69) is 15.5 Å². The lowest BCUT2D eigenvalue weighted by Gasteiger charge is -1.99. The number of aromatic nitrogens is 2. The van der Waals surface area contributed by atoms with E-state index < -0.39 is 18.0 Å². The predicted octanol–water partition coefficient (Wildman–Crippen LogP) is 0.578. The number of carbonyl (C=O) groups is 1. The SMILES string of the molecule is N#Cc1cn[nH]c1NC(=O)[C@@H]1C[C@H]1F. The number of rotatable bonds is 2. The van der Waals surface area contributed by atoms with Crippen LogP contribution in [0.2, 0.25) is 0 Å². The van der Waals surface area contributed by atoms with Gasteiger partial charge < -0.3 is 5.32 Å². The number of carbonyl (C=O) groups excluding carboxylic acids is 1. The molecule has 0 aromatic carbocycles. The highest BCUT2D eigenvalue weighted by molar-refractivity contribution is 5.94. The Kier molecular flexibility index (Phi) is 1.93. The number of nitriles is 1. The van der Waals surface area contributed by atoms with Gasteiger partial charge in [-0.25, -0.2) is 4.39 Å². The summed E-state index contributed by atoms with van der Waals surface area (Å²) in [6.45, 7) is 0. The number of anilines is 1. The number of H-pyrrole nitrogens is 1. The van der Waals surface area contributed by atoms with Crippen molar-refractivity contribution in [2.45, 2.75) is 12.6 Å². The molecule has 0 spiro atoms. The lowest BCUT2D eigenvalue weighted by atomic mass is 10.3. The van der Waals surface area contributed by atoms with Crippen molar-refractivity contribution < 1.29 is 9.18 Å². The molecule has 1 aliphatic rings. The smallest absolute Gasteiger partial charge is 0.231 e. The maximum Gasteiger partial charge on any atom is 0.231 e. The van der Waals surface area contributed by atoms with E-state index in [4.69, 9.17) is 5.26 Å². The zero-order valence-electron chi connectivity index (χ0n) is 7.12. The third-order valence-electron chi connectivity index (χ3n) is 2.06. The molecule has 72 valence electrons. The highest BCUT2D eigenvalue weighted by Gasteiger charge is 2.43. The molecular weight excluding hydrogens is 187 g/mol. The van der Waals surface area contributed by atoms with Crippen molar-refractivity contribution in [3.05, 3.63) is 11.8 Å². The van der Waals surface area contributed by atoms with Crippen molar-refractivity contribution in [2.75, 3.05) is 5.32 Å². The largest absolute Gasteiger partial charge is 0.310 e. The average molecular weight is 194 g/mol. The number of aromatic amines is 1. The van der Waals surface area contributed by atoms with Crippen LogP contribution in [0.15, 0.2) is 6.20 Å². The number of halogens is 1. The van der Waals surface area contributed by atoms with E-state index >= 15 is 0 Å². The van der Waals surface area contributed by atoms with Gasteiger partial charge in [-0.3, -0.25) is 9.89 Å². The molecule has 2 rings (SSSR count). The van der Waals surface area contributed by atoms with Gasteiger partial charge in [0.1, 0.15) is 23.6 Å². The van der Waals surface area contributed by atoms with Crippen LogP contribution in [0.3, 0.4) is 0 Å². The first-order valence-corrected chi connectivity index (χ1v) is 4.10. The Morgan fingerprint density at radius 1 is 1.86 bits per heavy atom. The fraction of sp³-hybridized carbons (Fsp3) is 0.375. The molecule has 0 unspecified atom stereocenters. The van der Waals surface area contributed by atoms with Crippen LogP contribution in [-0.4, -0.2) is 22.3 Å². The zero-order chi connectivity index (χ0) is 10.1. The first-order valence-electron chi connectivity index (χ1n) is 4.10. The lowest BCUT2D eigenvalue weighted by Crippen LogP contribution is -2.15. The quantitative estimate of drug-likeness (QED) is 0.722. The fourth-order valence-corrected chi connectivity index (χ4v) is 1.12. The number of amides is 1. The minimum atomic E-state index is -1.04. The summed E-state index contributed by atoms with van der Waals surface area (Å²) in [5, 5.41) is 17.1. The molecule has 1 saturated carbocycles. The second-order valence-electron chi connectivity index (χ2n) is 3.12. The molecule has 0 bridgehead atoms. The third-order valence-corrected chi connectivity index (χ3v) is 2.06. The van der Waals surface area contributed by atoms with E-state index in [0.29, 0.717) is 0 Å². The van der Waals surface area contributed by atoms with E-state index in [1.165, 1.54) is 6.20 Å². The number of nitrogens with zero attached hydrogens (tertiary/aromatic N) is 2. The number of nitrogens with one attached hydrogen (secondary N) is 2. The van der Waals surface area contributed by atoms with Crippen LogP contribution >= 0.6 is 0 Å². The highest BCUT2D eigenvalue weighted by Crippen LogP contribution is 2.34. The standard InChI is InChI=1S/C8H7FN4O/c9-6-1-5(6)8(14)12-7-4(2-10)3-11-13-7/h3,5-6H,1H2,(H2,11,12,13,14)/t5-,6-/m1/s1. The van der Waals surface area contributed by atoms with E-state index in [1.807, 2.05) is 6.07 Å². The van der Waals surface area contributed by atoms with Gasteiger partial charge in [-0.05, 0) is 6.42 Å². The van der Waals surface area contributed by atoms with Crippen LogP contribution in [0.5, 0.6) is 0 Å². The Morgan fingerprint density at radius 2 is 2.57 bits per heavy atom. The van der Waals surface area contributed by atoms with Crippen LogP contribution in [0.1, 0.15) is 12.0 Å². The molecule has 14 heavy (non-hydrogen) atoms. The minimum absolute atomic E-state index is 0.233. The first-order chi connectivity index (χ1) is 6.72. The molecule has 0 radical (unpaired) electrons. The number of alkyl halides is 1. The molecule has 0 aliphatic heterocycles. The Bertz CT molecular complexity index is 408. The summed E-state index contributed by atoms with van der Waals surface area (Å²) in [7, 11) is 0. The molecule has 5 nitrogen and oxygen atoms in total. The zero-order valence-corrected chi connectivity index (χ0v) is 7.12. The number of hydrogen-bond donors (Lipinski definition) is 2. The van der Waals surface area contributed by atoms with Crippen molar-refractivity contribution in [3.63, 3.8) is 0 Å². The van der Waals surface area contributed by atoms with Gasteiger partial charge in [0.25, 0.3) is 0 Å². The summed E-state index contributed by atoms with van der Waals surface area (Å²) in [4.78, 5) is 11.2. The summed E-state index contributed by atoms with van der Waals surface area (Å²) >= 11 is 0. The second-order valence-corrected chi connectivity index (χ2v) is 3.12. The summed E-state index contributed by atoms with van der Waals surface area (Å²) in [6.07, 6.45) is 0.528. The van der Waals surface area contributed by atoms with Gasteiger partial charge in [-0.15, -0.1) is 0 Å². The molecule has 1 fully saturated rings. The van der Waals surface area contributed by atoms with Crippen molar-refractivity contribution in [1.29, 1.82) is 5.26 Å². The molecule has 1 amide bonds. The molecule has 0 saturated heterocycles. The van der Waals surface area contributed by atoms with Crippen molar-refractivity contribution >= 4 is 11.7 Å². The van der Waals surface area contributed by atoms with Crippen LogP contribution < -0.4 is 5.32 Å². The van der Waals surface area contributed by atoms with Crippen LogP contribution in [0, 0.1) is 17.2 Å². The maximum absolute atomic E-state index is 12.5. The topological polar surface area (TPSA) is 81.6 Å². The Balaban J connectivity index is 2.04. The maximum atomic E-state index is 12.5. The van der Waals surface area contributed by atoms with Gasteiger partial charge in [-0.2, -0.15) is 10.4 Å². The summed E-state index contributed by atoms with van der Waals surface area (Å²) < 4.78 is 12.5. The molecule has 1 aromatic heterocycles. The number of hydrogen-bond acceptors (Lipinski definition) is 3. The molecule has 1 heterocycles. The Morgan fingerprint density at radius 3 is 3.14 bits per heavy atom. The fourth-order valence-electron chi connectivity index (χ4n) is 1.12. The Labute approximate surface area is 78.9 Å². The summed E-state index contributed by atoms with van der Waals surface area (Å²) in [5.41, 5.74) is 0.245. The van der Waals surface area contributed by atoms with E-state index in [-0.39, 0.29) is 17.8 Å². The predicted molar refractivity (Wildman–Crippen MR) is 44.9 cm³/mol. The van der Waals surface area contributed by atoms with Crippen LogP contribution in [-0.2, 0) is 4.79 Å². The highest BCUT2D eigenvalue weighted by atomic mass is 19.1. The molecule has 1 aromatic rings.